The monoisotopic (exact) mass is 261 g/mol. The van der Waals surface area contributed by atoms with E-state index in [0.29, 0.717) is 29.2 Å². The fourth-order valence-corrected chi connectivity index (χ4v) is 2.00. The lowest BCUT2D eigenvalue weighted by Gasteiger charge is -2.17. The third-order valence-electron chi connectivity index (χ3n) is 2.49. The molecule has 0 saturated heterocycles. The van der Waals surface area contributed by atoms with Crippen molar-refractivity contribution in [2.75, 3.05) is 13.7 Å². The number of ether oxygens (including phenoxy) is 1. The Bertz CT molecular complexity index is 311. The molecule has 0 aromatic heterocycles. The molecular weight excluding hydrogens is 245 g/mol. The van der Waals surface area contributed by atoms with Crippen molar-refractivity contribution in [3.8, 4) is 0 Å². The number of rotatable bonds is 6. The van der Waals surface area contributed by atoms with Crippen LogP contribution in [0.15, 0.2) is 18.2 Å². The van der Waals surface area contributed by atoms with E-state index in [1.165, 1.54) is 0 Å². The summed E-state index contributed by atoms with van der Waals surface area (Å²) >= 11 is 12.2. The number of halogens is 2. The number of methoxy groups -OCH3 is 1. The molecule has 1 N–H and O–H groups in total. The van der Waals surface area contributed by atoms with Crippen LogP contribution in [0.1, 0.15) is 18.9 Å². The van der Waals surface area contributed by atoms with Crippen LogP contribution in [0.2, 0.25) is 10.0 Å². The maximum absolute atomic E-state index is 6.08. The van der Waals surface area contributed by atoms with Gasteiger partial charge in [-0.1, -0.05) is 36.2 Å². The first kappa shape index (κ1) is 13.8. The summed E-state index contributed by atoms with van der Waals surface area (Å²) in [5, 5.41) is 4.78. The standard InChI is InChI=1S/C12H17Cl2NO/c1-3-9(8-16-2)15-7-10-11(13)5-4-6-12(10)14/h4-6,9,15H,3,7-8H2,1-2H3. The van der Waals surface area contributed by atoms with Gasteiger partial charge in [0.1, 0.15) is 0 Å². The molecular formula is C12H17Cl2NO. The molecule has 0 aliphatic rings. The molecule has 1 atom stereocenters. The number of nitrogens with one attached hydrogen (secondary N) is 1. The van der Waals surface area contributed by atoms with Gasteiger partial charge in [0.25, 0.3) is 0 Å². The van der Waals surface area contributed by atoms with Crippen LogP contribution in [-0.2, 0) is 11.3 Å². The van der Waals surface area contributed by atoms with Crippen LogP contribution in [0.4, 0.5) is 0 Å². The highest BCUT2D eigenvalue weighted by molar-refractivity contribution is 6.35. The summed E-state index contributed by atoms with van der Waals surface area (Å²) in [5.41, 5.74) is 0.945. The van der Waals surface area contributed by atoms with Gasteiger partial charge in [-0.25, -0.2) is 0 Å². The summed E-state index contributed by atoms with van der Waals surface area (Å²) in [6.45, 7) is 3.48. The fourth-order valence-electron chi connectivity index (χ4n) is 1.47. The van der Waals surface area contributed by atoms with Crippen LogP contribution in [0.3, 0.4) is 0 Å². The zero-order valence-corrected chi connectivity index (χ0v) is 11.1. The van der Waals surface area contributed by atoms with E-state index in [9.17, 15) is 0 Å². The van der Waals surface area contributed by atoms with E-state index in [1.54, 1.807) is 7.11 Å². The van der Waals surface area contributed by atoms with Crippen molar-refractivity contribution in [3.05, 3.63) is 33.8 Å². The highest BCUT2D eigenvalue weighted by atomic mass is 35.5. The van der Waals surface area contributed by atoms with Gasteiger partial charge in [-0.15, -0.1) is 0 Å². The van der Waals surface area contributed by atoms with E-state index >= 15 is 0 Å². The fraction of sp³-hybridized carbons (Fsp3) is 0.500. The van der Waals surface area contributed by atoms with Gasteiger partial charge in [0.15, 0.2) is 0 Å². The Morgan fingerprint density at radius 2 is 1.94 bits per heavy atom. The number of benzene rings is 1. The summed E-state index contributed by atoms with van der Waals surface area (Å²) in [6.07, 6.45) is 1.01. The Labute approximate surface area is 107 Å². The molecule has 2 nitrogen and oxygen atoms in total. The lowest BCUT2D eigenvalue weighted by atomic mass is 10.2. The number of hydrogen-bond donors (Lipinski definition) is 1. The molecule has 1 rings (SSSR count). The van der Waals surface area contributed by atoms with Crippen LogP contribution in [0, 0.1) is 0 Å². The van der Waals surface area contributed by atoms with Gasteiger partial charge in [0, 0.05) is 35.3 Å². The molecule has 0 amide bonds. The van der Waals surface area contributed by atoms with Crippen LogP contribution in [-0.4, -0.2) is 19.8 Å². The molecule has 0 aliphatic carbocycles. The minimum absolute atomic E-state index is 0.331. The highest BCUT2D eigenvalue weighted by Crippen LogP contribution is 2.24. The van der Waals surface area contributed by atoms with Gasteiger partial charge in [0.05, 0.1) is 6.61 Å². The van der Waals surface area contributed by atoms with Crippen molar-refractivity contribution in [2.45, 2.75) is 25.9 Å². The molecule has 16 heavy (non-hydrogen) atoms. The molecule has 4 heteroatoms. The lowest BCUT2D eigenvalue weighted by molar-refractivity contribution is 0.164. The van der Waals surface area contributed by atoms with Crippen molar-refractivity contribution in [1.82, 2.24) is 5.32 Å². The van der Waals surface area contributed by atoms with Gasteiger partial charge in [-0.3, -0.25) is 0 Å². The molecule has 1 aromatic carbocycles. The summed E-state index contributed by atoms with van der Waals surface area (Å²) < 4.78 is 5.12. The third-order valence-corrected chi connectivity index (χ3v) is 3.20. The van der Waals surface area contributed by atoms with Crippen molar-refractivity contribution in [3.63, 3.8) is 0 Å². The smallest absolute Gasteiger partial charge is 0.0615 e. The molecule has 90 valence electrons. The lowest BCUT2D eigenvalue weighted by Crippen LogP contribution is -2.32. The van der Waals surface area contributed by atoms with E-state index in [0.717, 1.165) is 12.0 Å². The van der Waals surface area contributed by atoms with Gasteiger partial charge in [-0.2, -0.15) is 0 Å². The third kappa shape index (κ3) is 3.95. The van der Waals surface area contributed by atoms with Crippen LogP contribution >= 0.6 is 23.2 Å². The largest absolute Gasteiger partial charge is 0.383 e. The van der Waals surface area contributed by atoms with Gasteiger partial charge < -0.3 is 10.1 Å². The molecule has 0 aliphatic heterocycles. The molecule has 0 heterocycles. The SMILES string of the molecule is CCC(COC)NCc1c(Cl)cccc1Cl. The first-order valence-electron chi connectivity index (χ1n) is 5.34. The highest BCUT2D eigenvalue weighted by Gasteiger charge is 2.09. The summed E-state index contributed by atoms with van der Waals surface area (Å²) in [6, 6.07) is 5.88. The Kier molecular flexibility index (Phi) is 6.14. The number of hydrogen-bond acceptors (Lipinski definition) is 2. The van der Waals surface area contributed by atoms with Crippen molar-refractivity contribution in [1.29, 1.82) is 0 Å². The normalized spacial score (nSPS) is 12.8. The van der Waals surface area contributed by atoms with Gasteiger partial charge in [0.2, 0.25) is 0 Å². The minimum atomic E-state index is 0.331. The molecule has 1 aromatic rings. The zero-order valence-electron chi connectivity index (χ0n) is 9.59. The zero-order chi connectivity index (χ0) is 12.0. The first-order chi connectivity index (χ1) is 7.69. The Balaban J connectivity index is 2.59. The van der Waals surface area contributed by atoms with Gasteiger partial charge in [-0.05, 0) is 18.6 Å². The molecule has 0 bridgehead atoms. The van der Waals surface area contributed by atoms with Gasteiger partial charge >= 0.3 is 0 Å². The van der Waals surface area contributed by atoms with Crippen LogP contribution < -0.4 is 5.32 Å². The molecule has 0 saturated carbocycles. The second kappa shape index (κ2) is 7.13. The first-order valence-corrected chi connectivity index (χ1v) is 6.09. The average Bonchev–Trinajstić information content (AvgIpc) is 2.27. The predicted octanol–water partition coefficient (Wildman–Crippen LogP) is 3.51. The molecule has 0 spiro atoms. The van der Waals surface area contributed by atoms with E-state index in [4.69, 9.17) is 27.9 Å². The van der Waals surface area contributed by atoms with Crippen molar-refractivity contribution >= 4 is 23.2 Å². The second-order valence-corrected chi connectivity index (χ2v) is 4.46. The topological polar surface area (TPSA) is 21.3 Å². The maximum Gasteiger partial charge on any atom is 0.0615 e. The summed E-state index contributed by atoms with van der Waals surface area (Å²) in [4.78, 5) is 0. The quantitative estimate of drug-likeness (QED) is 0.847. The van der Waals surface area contributed by atoms with Crippen LogP contribution in [0.25, 0.3) is 0 Å². The molecule has 1 unspecified atom stereocenters. The van der Waals surface area contributed by atoms with Crippen LogP contribution in [0.5, 0.6) is 0 Å². The molecule has 0 radical (unpaired) electrons. The van der Waals surface area contributed by atoms with Crippen molar-refractivity contribution < 1.29 is 4.74 Å². The minimum Gasteiger partial charge on any atom is -0.383 e. The van der Waals surface area contributed by atoms with Crippen molar-refractivity contribution in [2.24, 2.45) is 0 Å². The van der Waals surface area contributed by atoms with E-state index in [1.807, 2.05) is 18.2 Å². The maximum atomic E-state index is 6.08. The Morgan fingerprint density at radius 3 is 2.44 bits per heavy atom. The summed E-state index contributed by atoms with van der Waals surface area (Å²) in [5.74, 6) is 0. The summed E-state index contributed by atoms with van der Waals surface area (Å²) in [7, 11) is 1.70. The molecule has 0 fully saturated rings. The van der Waals surface area contributed by atoms with E-state index in [2.05, 4.69) is 12.2 Å². The Morgan fingerprint density at radius 1 is 1.31 bits per heavy atom. The van der Waals surface area contributed by atoms with E-state index in [-0.39, 0.29) is 0 Å². The van der Waals surface area contributed by atoms with E-state index < -0.39 is 0 Å². The average molecular weight is 262 g/mol. The second-order valence-electron chi connectivity index (χ2n) is 3.64. The predicted molar refractivity (Wildman–Crippen MR) is 69.3 cm³/mol. The Hall–Kier alpha value is -0.280.